The van der Waals surface area contributed by atoms with Crippen molar-refractivity contribution in [2.45, 2.75) is 59.5 Å². The third kappa shape index (κ3) is 4.79. The van der Waals surface area contributed by atoms with Crippen molar-refractivity contribution in [3.8, 4) is 0 Å². The van der Waals surface area contributed by atoms with Crippen LogP contribution >= 0.6 is 27.7 Å². The molecule has 6 atom stereocenters. The summed E-state index contributed by atoms with van der Waals surface area (Å²) in [6.07, 6.45) is 5.38. The number of likely N-dealkylation sites (tertiary alicyclic amines) is 1. The highest BCUT2D eigenvalue weighted by molar-refractivity contribution is 9.09. The number of alkyl halides is 1. The van der Waals surface area contributed by atoms with Crippen molar-refractivity contribution in [3.05, 3.63) is 48.6 Å². The first kappa shape index (κ1) is 26.2. The van der Waals surface area contributed by atoms with E-state index in [0.717, 1.165) is 18.4 Å². The molecule has 2 N–H and O–H groups in total. The van der Waals surface area contributed by atoms with Crippen LogP contribution in [0.3, 0.4) is 0 Å². The number of aliphatic hydroxyl groups is 1. The Morgan fingerprint density at radius 3 is 2.60 bits per heavy atom. The van der Waals surface area contributed by atoms with Gasteiger partial charge in [-0.25, -0.2) is 0 Å². The quantitative estimate of drug-likeness (QED) is 0.229. The fourth-order valence-corrected chi connectivity index (χ4v) is 9.64. The second-order valence-corrected chi connectivity index (χ2v) is 12.4. The van der Waals surface area contributed by atoms with Crippen LogP contribution in [0.4, 0.5) is 0 Å². The maximum Gasteiger partial charge on any atom is 0.308 e. The van der Waals surface area contributed by atoms with Gasteiger partial charge in [-0.3, -0.25) is 14.4 Å². The van der Waals surface area contributed by atoms with Crippen molar-refractivity contribution in [2.24, 2.45) is 11.8 Å². The van der Waals surface area contributed by atoms with Gasteiger partial charge in [0.2, 0.25) is 11.8 Å². The van der Waals surface area contributed by atoms with Crippen LogP contribution in [0, 0.1) is 11.8 Å². The summed E-state index contributed by atoms with van der Waals surface area (Å²) < 4.78 is -0.753. The fourth-order valence-electron chi connectivity index (χ4n) is 6.04. The maximum absolute atomic E-state index is 14.2. The third-order valence-corrected chi connectivity index (χ3v) is 10.7. The van der Waals surface area contributed by atoms with E-state index < -0.39 is 28.6 Å². The number of carboxylic acid groups (broad SMARTS) is 1. The fraction of sp³-hybridized carbons (Fsp3) is 0.577. The molecule has 7 nitrogen and oxygen atoms in total. The number of aliphatic hydroxyl groups excluding tert-OH is 1. The standard InChI is InChI=1S/C26H33BrN2O5S/c1-2-12-28(16-17-10-6-5-7-11-17)24(32)22-26-15-18(27)21(35-26)19(25(33)34)20(26)23(31)29(22)13-8-3-4-9-14-30/h2,5-7,10-11,18-22,30H,1,3-4,8-9,12-16H2,(H,33,34)/t18?,19-,20+,21-,22?,26?/m1/s1. The topological polar surface area (TPSA) is 98.2 Å². The van der Waals surface area contributed by atoms with Gasteiger partial charge < -0.3 is 20.0 Å². The Kier molecular flexibility index (Phi) is 8.28. The van der Waals surface area contributed by atoms with Crippen molar-refractivity contribution in [1.82, 2.24) is 9.80 Å². The Morgan fingerprint density at radius 1 is 1.23 bits per heavy atom. The summed E-state index contributed by atoms with van der Waals surface area (Å²) >= 11 is 5.21. The largest absolute Gasteiger partial charge is 0.481 e. The number of carbonyl (C=O) groups excluding carboxylic acids is 2. The lowest BCUT2D eigenvalue weighted by Gasteiger charge is -2.37. The minimum absolute atomic E-state index is 0.0561. The molecule has 2 amide bonds. The van der Waals surface area contributed by atoms with Crippen molar-refractivity contribution in [1.29, 1.82) is 0 Å². The molecule has 1 aromatic rings. The Bertz CT molecular complexity index is 962. The van der Waals surface area contributed by atoms with Gasteiger partial charge in [0.1, 0.15) is 6.04 Å². The number of rotatable bonds is 12. The molecule has 1 aromatic carbocycles. The maximum atomic E-state index is 14.2. The monoisotopic (exact) mass is 564 g/mol. The Balaban J connectivity index is 1.67. The van der Waals surface area contributed by atoms with E-state index in [9.17, 15) is 19.5 Å². The minimum Gasteiger partial charge on any atom is -0.481 e. The van der Waals surface area contributed by atoms with E-state index in [2.05, 4.69) is 22.5 Å². The lowest BCUT2D eigenvalue weighted by atomic mass is 9.71. The zero-order chi connectivity index (χ0) is 25.2. The van der Waals surface area contributed by atoms with E-state index >= 15 is 0 Å². The number of unbranched alkanes of at least 4 members (excludes halogenated alkanes) is 3. The van der Waals surface area contributed by atoms with E-state index in [1.807, 2.05) is 30.3 Å². The van der Waals surface area contributed by atoms with E-state index in [-0.39, 0.29) is 28.5 Å². The molecular weight excluding hydrogens is 532 g/mol. The van der Waals surface area contributed by atoms with Crippen LogP contribution in [0.5, 0.6) is 0 Å². The van der Waals surface area contributed by atoms with Gasteiger partial charge in [-0.1, -0.05) is 65.2 Å². The van der Waals surface area contributed by atoms with Gasteiger partial charge in [0.15, 0.2) is 0 Å². The molecule has 3 unspecified atom stereocenters. The van der Waals surface area contributed by atoms with Crippen LogP contribution < -0.4 is 0 Å². The Hall–Kier alpha value is -1.84. The molecule has 0 saturated carbocycles. The number of fused-ring (bicyclic) bond motifs is 1. The molecule has 3 aliphatic rings. The van der Waals surface area contributed by atoms with Crippen molar-refractivity contribution in [3.63, 3.8) is 0 Å². The molecule has 4 rings (SSSR count). The second-order valence-electron chi connectivity index (χ2n) is 9.66. The van der Waals surface area contributed by atoms with Gasteiger partial charge >= 0.3 is 5.97 Å². The van der Waals surface area contributed by atoms with Gasteiger partial charge in [0.05, 0.1) is 16.6 Å². The molecule has 0 aromatic heterocycles. The molecular formula is C26H33BrN2O5S. The van der Waals surface area contributed by atoms with E-state index in [4.69, 9.17) is 5.11 Å². The number of nitrogens with zero attached hydrogens (tertiary/aromatic N) is 2. The van der Waals surface area contributed by atoms with Crippen LogP contribution in [0.25, 0.3) is 0 Å². The number of carbonyl (C=O) groups is 3. The second kappa shape index (κ2) is 11.0. The number of hydrogen-bond acceptors (Lipinski definition) is 5. The summed E-state index contributed by atoms with van der Waals surface area (Å²) in [5, 5.41) is 18.9. The van der Waals surface area contributed by atoms with Crippen molar-refractivity contribution >= 4 is 45.5 Å². The Morgan fingerprint density at radius 2 is 1.94 bits per heavy atom. The van der Waals surface area contributed by atoms with Crippen LogP contribution in [0.15, 0.2) is 43.0 Å². The SMILES string of the molecule is C=CCN(Cc1ccccc1)C(=O)C1N(CCCCCCO)C(=O)[C@@H]2[C@@H](C(=O)O)[C@@H]3SC12CC3Br. The summed E-state index contributed by atoms with van der Waals surface area (Å²) in [6, 6.07) is 9.01. The van der Waals surface area contributed by atoms with Crippen LogP contribution in [-0.2, 0) is 20.9 Å². The number of benzene rings is 1. The summed E-state index contributed by atoms with van der Waals surface area (Å²) in [7, 11) is 0. The summed E-state index contributed by atoms with van der Waals surface area (Å²) in [4.78, 5) is 43.6. The van der Waals surface area contributed by atoms with E-state index in [0.29, 0.717) is 38.9 Å². The van der Waals surface area contributed by atoms with Crippen LogP contribution in [0.2, 0.25) is 0 Å². The van der Waals surface area contributed by atoms with Gasteiger partial charge in [-0.05, 0) is 24.8 Å². The van der Waals surface area contributed by atoms with Gasteiger partial charge in [-0.15, -0.1) is 18.3 Å². The van der Waals surface area contributed by atoms with Gasteiger partial charge in [0.25, 0.3) is 0 Å². The minimum atomic E-state index is -0.963. The number of hydrogen-bond donors (Lipinski definition) is 2. The van der Waals surface area contributed by atoms with Gasteiger partial charge in [0, 0.05) is 36.3 Å². The number of aliphatic carboxylic acids is 1. The first-order chi connectivity index (χ1) is 16.9. The first-order valence-electron chi connectivity index (χ1n) is 12.3. The molecule has 2 bridgehead atoms. The smallest absolute Gasteiger partial charge is 0.308 e. The lowest BCUT2D eigenvalue weighted by molar-refractivity contribution is -0.148. The van der Waals surface area contributed by atoms with Crippen LogP contribution in [-0.4, -0.2) is 78.4 Å². The van der Waals surface area contributed by atoms with Crippen molar-refractivity contribution in [2.75, 3.05) is 19.7 Å². The summed E-state index contributed by atoms with van der Waals surface area (Å²) in [5.41, 5.74) is 0.988. The van der Waals surface area contributed by atoms with Crippen molar-refractivity contribution < 1.29 is 24.6 Å². The third-order valence-electron chi connectivity index (χ3n) is 7.49. The number of thioether (sulfide) groups is 1. The highest BCUT2D eigenvalue weighted by Crippen LogP contribution is 2.67. The molecule has 1 spiro atoms. The normalized spacial score (nSPS) is 31.0. The lowest BCUT2D eigenvalue weighted by Crippen LogP contribution is -2.55. The molecule has 190 valence electrons. The molecule has 3 heterocycles. The molecule has 9 heteroatoms. The number of amides is 2. The molecule has 0 aliphatic carbocycles. The first-order valence-corrected chi connectivity index (χ1v) is 14.0. The molecule has 35 heavy (non-hydrogen) atoms. The number of halogens is 1. The average molecular weight is 566 g/mol. The zero-order valence-electron chi connectivity index (χ0n) is 19.7. The van der Waals surface area contributed by atoms with E-state index in [1.54, 1.807) is 15.9 Å². The predicted octanol–water partition coefficient (Wildman–Crippen LogP) is 3.30. The Labute approximate surface area is 219 Å². The van der Waals surface area contributed by atoms with Gasteiger partial charge in [-0.2, -0.15) is 0 Å². The summed E-state index contributed by atoms with van der Waals surface area (Å²) in [5.74, 6) is -2.81. The van der Waals surface area contributed by atoms with Crippen LogP contribution in [0.1, 0.15) is 37.7 Å². The van der Waals surface area contributed by atoms with E-state index in [1.165, 1.54) is 11.8 Å². The highest BCUT2D eigenvalue weighted by atomic mass is 79.9. The molecule has 3 aliphatic heterocycles. The number of carboxylic acids is 1. The molecule has 0 radical (unpaired) electrons. The highest BCUT2D eigenvalue weighted by Gasteiger charge is 2.75. The summed E-state index contributed by atoms with van der Waals surface area (Å²) in [6.45, 7) is 5.13. The molecule has 3 fully saturated rings. The molecule has 3 saturated heterocycles. The zero-order valence-corrected chi connectivity index (χ0v) is 22.1. The predicted molar refractivity (Wildman–Crippen MR) is 139 cm³/mol. The average Bonchev–Trinajstić information content (AvgIpc) is 3.42.